The summed E-state index contributed by atoms with van der Waals surface area (Å²) >= 11 is 0. The van der Waals surface area contributed by atoms with E-state index in [2.05, 4.69) is 5.32 Å². The molecule has 0 radical (unpaired) electrons. The Labute approximate surface area is 167 Å². The van der Waals surface area contributed by atoms with E-state index in [9.17, 15) is 9.59 Å². The first kappa shape index (κ1) is 21.9. The van der Waals surface area contributed by atoms with Crippen molar-refractivity contribution in [3.63, 3.8) is 0 Å². The van der Waals surface area contributed by atoms with Gasteiger partial charge in [-0.2, -0.15) is 0 Å². The number of benzene rings is 1. The zero-order chi connectivity index (χ0) is 20.7. The largest absolute Gasteiger partial charge is 0.493 e. The first-order valence-electron chi connectivity index (χ1n) is 9.70. The highest BCUT2D eigenvalue weighted by Gasteiger charge is 2.27. The lowest BCUT2D eigenvalue weighted by Gasteiger charge is -2.33. The third-order valence-electron chi connectivity index (χ3n) is 4.60. The van der Waals surface area contributed by atoms with Crippen molar-refractivity contribution in [2.24, 2.45) is 0 Å². The highest BCUT2D eigenvalue weighted by Crippen LogP contribution is 2.28. The molecule has 0 aliphatic carbocycles. The summed E-state index contributed by atoms with van der Waals surface area (Å²) in [7, 11) is 3.19. The van der Waals surface area contributed by atoms with Crippen LogP contribution in [-0.2, 0) is 16.0 Å². The fraction of sp³-hybridized carbons (Fsp3) is 0.619. The Morgan fingerprint density at radius 1 is 1.11 bits per heavy atom. The minimum Gasteiger partial charge on any atom is -0.493 e. The lowest BCUT2D eigenvalue weighted by atomic mass is 10.0. The number of hydrogen-bond acceptors (Lipinski definition) is 5. The third-order valence-corrected chi connectivity index (χ3v) is 4.60. The highest BCUT2D eigenvalue weighted by molar-refractivity contribution is 5.76. The third kappa shape index (κ3) is 6.62. The van der Waals surface area contributed by atoms with E-state index in [1.807, 2.05) is 39.0 Å². The molecule has 0 saturated carbocycles. The summed E-state index contributed by atoms with van der Waals surface area (Å²) in [6.07, 6.45) is 2.22. The van der Waals surface area contributed by atoms with Crippen LogP contribution in [0.1, 0.15) is 45.6 Å². The van der Waals surface area contributed by atoms with Crippen molar-refractivity contribution < 1.29 is 23.8 Å². The van der Waals surface area contributed by atoms with Gasteiger partial charge in [-0.1, -0.05) is 6.07 Å². The van der Waals surface area contributed by atoms with Gasteiger partial charge in [-0.15, -0.1) is 0 Å². The van der Waals surface area contributed by atoms with Crippen molar-refractivity contribution in [1.82, 2.24) is 10.2 Å². The van der Waals surface area contributed by atoms with Gasteiger partial charge in [-0.05, 0) is 57.7 Å². The van der Waals surface area contributed by atoms with E-state index >= 15 is 0 Å². The number of methoxy groups -OCH3 is 2. The number of carbonyl (C=O) groups excluding carboxylic acids is 2. The zero-order valence-corrected chi connectivity index (χ0v) is 17.5. The van der Waals surface area contributed by atoms with Crippen LogP contribution >= 0.6 is 0 Å². The molecule has 0 aromatic heterocycles. The summed E-state index contributed by atoms with van der Waals surface area (Å²) in [4.78, 5) is 26.1. The number of nitrogens with zero attached hydrogens (tertiary/aromatic N) is 1. The van der Waals surface area contributed by atoms with Crippen LogP contribution in [0, 0.1) is 0 Å². The Hall–Kier alpha value is -2.44. The van der Waals surface area contributed by atoms with Gasteiger partial charge in [0.25, 0.3) is 0 Å². The Kier molecular flexibility index (Phi) is 7.54. The maximum atomic E-state index is 12.3. The first-order chi connectivity index (χ1) is 13.2. The van der Waals surface area contributed by atoms with Crippen molar-refractivity contribution in [3.8, 4) is 11.5 Å². The van der Waals surface area contributed by atoms with Gasteiger partial charge in [0, 0.05) is 25.6 Å². The van der Waals surface area contributed by atoms with Gasteiger partial charge in [0.1, 0.15) is 5.60 Å². The van der Waals surface area contributed by atoms with Crippen LogP contribution < -0.4 is 14.8 Å². The molecule has 1 saturated heterocycles. The normalized spacial score (nSPS) is 15.1. The molecular weight excluding hydrogens is 360 g/mol. The second-order valence-electron chi connectivity index (χ2n) is 8.00. The fourth-order valence-corrected chi connectivity index (χ4v) is 3.13. The second kappa shape index (κ2) is 9.66. The van der Waals surface area contributed by atoms with Crippen LogP contribution in [0.4, 0.5) is 4.79 Å². The molecule has 2 amide bonds. The maximum absolute atomic E-state index is 12.3. The Morgan fingerprint density at radius 3 is 2.32 bits per heavy atom. The average molecular weight is 392 g/mol. The monoisotopic (exact) mass is 392 g/mol. The number of piperidine rings is 1. The number of nitrogens with one attached hydrogen (secondary N) is 1. The van der Waals surface area contributed by atoms with Crippen LogP contribution in [0.25, 0.3) is 0 Å². The molecular formula is C21H32N2O5. The minimum atomic E-state index is -0.494. The Morgan fingerprint density at radius 2 is 1.75 bits per heavy atom. The molecule has 1 aromatic rings. The van der Waals surface area contributed by atoms with Gasteiger partial charge >= 0.3 is 6.09 Å². The second-order valence-corrected chi connectivity index (χ2v) is 8.00. The molecule has 0 spiro atoms. The van der Waals surface area contributed by atoms with Crippen LogP contribution in [0.3, 0.4) is 0 Å². The molecule has 1 aliphatic rings. The maximum Gasteiger partial charge on any atom is 0.410 e. The quantitative estimate of drug-likeness (QED) is 0.805. The fourth-order valence-electron chi connectivity index (χ4n) is 3.13. The molecule has 2 rings (SSSR count). The van der Waals surface area contributed by atoms with E-state index in [1.165, 1.54) is 0 Å². The van der Waals surface area contributed by atoms with Crippen LogP contribution in [0.15, 0.2) is 18.2 Å². The van der Waals surface area contributed by atoms with E-state index in [4.69, 9.17) is 14.2 Å². The number of carbonyl (C=O) groups is 2. The van der Waals surface area contributed by atoms with Crippen LogP contribution in [0.5, 0.6) is 11.5 Å². The number of likely N-dealkylation sites (tertiary alicyclic amines) is 1. The van der Waals surface area contributed by atoms with E-state index in [0.29, 0.717) is 37.4 Å². The molecule has 28 heavy (non-hydrogen) atoms. The number of rotatable bonds is 6. The van der Waals surface area contributed by atoms with E-state index in [0.717, 1.165) is 18.4 Å². The Bertz CT molecular complexity index is 676. The predicted octanol–water partition coefficient (Wildman–Crippen LogP) is 3.15. The predicted molar refractivity (Wildman–Crippen MR) is 107 cm³/mol. The molecule has 0 atom stereocenters. The van der Waals surface area contributed by atoms with E-state index in [-0.39, 0.29) is 18.0 Å². The number of ether oxygens (including phenoxy) is 3. The van der Waals surface area contributed by atoms with Crippen molar-refractivity contribution in [3.05, 3.63) is 23.8 Å². The molecule has 1 aromatic carbocycles. The topological polar surface area (TPSA) is 77.1 Å². The van der Waals surface area contributed by atoms with Gasteiger partial charge in [0.15, 0.2) is 11.5 Å². The lowest BCUT2D eigenvalue weighted by Crippen LogP contribution is -2.47. The van der Waals surface area contributed by atoms with Crippen LogP contribution in [-0.4, -0.2) is 55.9 Å². The van der Waals surface area contributed by atoms with E-state index < -0.39 is 5.60 Å². The highest BCUT2D eigenvalue weighted by atomic mass is 16.6. The summed E-state index contributed by atoms with van der Waals surface area (Å²) in [5, 5.41) is 3.07. The van der Waals surface area contributed by atoms with E-state index in [1.54, 1.807) is 19.1 Å². The number of amides is 2. The molecule has 7 heteroatoms. The smallest absolute Gasteiger partial charge is 0.410 e. The summed E-state index contributed by atoms with van der Waals surface area (Å²) in [6, 6.07) is 5.77. The van der Waals surface area contributed by atoms with Gasteiger partial charge in [0.05, 0.1) is 14.2 Å². The van der Waals surface area contributed by atoms with Crippen molar-refractivity contribution >= 4 is 12.0 Å². The summed E-state index contributed by atoms with van der Waals surface area (Å²) in [5.41, 5.74) is 0.527. The minimum absolute atomic E-state index is 0.0190. The van der Waals surface area contributed by atoms with Gasteiger partial charge < -0.3 is 24.4 Å². The van der Waals surface area contributed by atoms with Crippen molar-refractivity contribution in [2.75, 3.05) is 27.3 Å². The average Bonchev–Trinajstić information content (AvgIpc) is 2.65. The summed E-state index contributed by atoms with van der Waals surface area (Å²) in [5.74, 6) is 1.35. The zero-order valence-electron chi connectivity index (χ0n) is 17.5. The molecule has 1 aliphatic heterocycles. The number of aryl methyl sites for hydroxylation is 1. The molecule has 1 heterocycles. The standard InChI is InChI=1S/C21H32N2O5/c1-21(2,3)28-20(25)23-12-10-16(11-13-23)22-19(24)9-7-15-6-8-17(26-4)18(14-15)27-5/h6,8,14,16H,7,9-13H2,1-5H3,(H,22,24). The number of hydrogen-bond donors (Lipinski definition) is 1. The van der Waals surface area contributed by atoms with Crippen LogP contribution in [0.2, 0.25) is 0 Å². The van der Waals surface area contributed by atoms with Crippen molar-refractivity contribution in [1.29, 1.82) is 0 Å². The first-order valence-corrected chi connectivity index (χ1v) is 9.70. The van der Waals surface area contributed by atoms with Gasteiger partial charge in [0.2, 0.25) is 5.91 Å². The van der Waals surface area contributed by atoms with Gasteiger partial charge in [-0.25, -0.2) is 4.79 Å². The van der Waals surface area contributed by atoms with Gasteiger partial charge in [-0.3, -0.25) is 4.79 Å². The molecule has 156 valence electrons. The van der Waals surface area contributed by atoms with Crippen molar-refractivity contribution in [2.45, 2.75) is 58.1 Å². The SMILES string of the molecule is COc1ccc(CCC(=O)NC2CCN(C(=O)OC(C)(C)C)CC2)cc1OC. The summed E-state index contributed by atoms with van der Waals surface area (Å²) < 4.78 is 15.9. The molecule has 0 bridgehead atoms. The molecule has 0 unspecified atom stereocenters. The molecule has 1 fully saturated rings. The lowest BCUT2D eigenvalue weighted by molar-refractivity contribution is -0.122. The molecule has 7 nitrogen and oxygen atoms in total. The molecule has 1 N–H and O–H groups in total. The summed E-state index contributed by atoms with van der Waals surface area (Å²) in [6.45, 7) is 6.76. The Balaban J connectivity index is 1.75.